The summed E-state index contributed by atoms with van der Waals surface area (Å²) in [6.07, 6.45) is -5.22. The zero-order chi connectivity index (χ0) is 35.8. The third-order valence-corrected chi connectivity index (χ3v) is 7.89. The molecule has 0 bridgehead atoms. The van der Waals surface area contributed by atoms with E-state index in [4.69, 9.17) is 4.74 Å². The number of halogens is 3. The van der Waals surface area contributed by atoms with E-state index in [1.165, 1.54) is 54.0 Å². The third-order valence-electron chi connectivity index (χ3n) is 7.89. The van der Waals surface area contributed by atoms with Crippen LogP contribution in [0.25, 0.3) is 11.1 Å². The van der Waals surface area contributed by atoms with Gasteiger partial charge in [-0.05, 0) is 89.8 Å². The SMILES string of the molecule is COc1ccc(CC(=O)Nc2ccc(C(=O)N(CC(=O)O)Cc3ccc(Nc4ccc(-c5ccc(C)cc5)cc4)cc3)cc2)c(C(F)(F)F)c1. The summed E-state index contributed by atoms with van der Waals surface area (Å²) in [7, 11) is 1.25. The van der Waals surface area contributed by atoms with Gasteiger partial charge in [0.2, 0.25) is 5.91 Å². The smallest absolute Gasteiger partial charge is 0.416 e. The van der Waals surface area contributed by atoms with Crippen LogP contribution in [0.2, 0.25) is 0 Å². The van der Waals surface area contributed by atoms with E-state index in [0.29, 0.717) is 5.56 Å². The number of methoxy groups -OCH3 is 1. The van der Waals surface area contributed by atoms with Crippen LogP contribution in [0.3, 0.4) is 0 Å². The van der Waals surface area contributed by atoms with Crippen LogP contribution in [0.1, 0.15) is 32.6 Å². The van der Waals surface area contributed by atoms with Gasteiger partial charge < -0.3 is 25.4 Å². The fourth-order valence-electron chi connectivity index (χ4n) is 5.29. The lowest BCUT2D eigenvalue weighted by molar-refractivity contribution is -0.139. The van der Waals surface area contributed by atoms with E-state index < -0.39 is 42.5 Å². The molecule has 50 heavy (non-hydrogen) atoms. The lowest BCUT2D eigenvalue weighted by atomic mass is 10.0. The molecule has 0 spiro atoms. The van der Waals surface area contributed by atoms with Crippen molar-refractivity contribution in [1.82, 2.24) is 4.90 Å². The Morgan fingerprint density at radius 3 is 1.88 bits per heavy atom. The standard InChI is InChI=1S/C39H34F3N3O5/c1-25-3-7-27(8-4-25)28-9-16-32(17-10-28)43-31-14-5-26(6-15-31)23-45(24-37(47)48)38(49)29-11-18-33(19-12-29)44-36(46)21-30-13-20-34(50-2)22-35(30)39(40,41)42/h3-20,22,43H,21,23-24H2,1-2H3,(H,44,46)(H,47,48). The van der Waals surface area contributed by atoms with E-state index >= 15 is 0 Å². The normalized spacial score (nSPS) is 11.1. The first kappa shape index (κ1) is 35.2. The van der Waals surface area contributed by atoms with Crippen molar-refractivity contribution in [3.8, 4) is 16.9 Å². The van der Waals surface area contributed by atoms with E-state index in [-0.39, 0.29) is 29.1 Å². The molecule has 0 fully saturated rings. The third kappa shape index (κ3) is 9.28. The molecule has 0 saturated heterocycles. The molecule has 0 saturated carbocycles. The quantitative estimate of drug-likeness (QED) is 0.122. The molecule has 5 rings (SSSR count). The number of nitrogens with one attached hydrogen (secondary N) is 2. The molecule has 0 atom stereocenters. The van der Waals surface area contributed by atoms with Crippen molar-refractivity contribution >= 4 is 34.8 Å². The van der Waals surface area contributed by atoms with Gasteiger partial charge in [-0.1, -0.05) is 60.2 Å². The highest BCUT2D eigenvalue weighted by Gasteiger charge is 2.34. The molecule has 5 aromatic carbocycles. The largest absolute Gasteiger partial charge is 0.497 e. The fraction of sp³-hybridized carbons (Fsp3) is 0.154. The van der Waals surface area contributed by atoms with Crippen molar-refractivity contribution in [3.05, 3.63) is 143 Å². The number of carbonyl (C=O) groups is 3. The summed E-state index contributed by atoms with van der Waals surface area (Å²) in [6, 6.07) is 32.7. The molecular weight excluding hydrogens is 647 g/mol. The molecule has 0 aromatic heterocycles. The van der Waals surface area contributed by atoms with Gasteiger partial charge in [-0.25, -0.2) is 0 Å². The summed E-state index contributed by atoms with van der Waals surface area (Å²) in [5.74, 6) is -2.41. The Morgan fingerprint density at radius 1 is 0.760 bits per heavy atom. The van der Waals surface area contributed by atoms with Crippen molar-refractivity contribution in [2.45, 2.75) is 26.1 Å². The first-order valence-electron chi connectivity index (χ1n) is 15.6. The first-order valence-corrected chi connectivity index (χ1v) is 15.6. The van der Waals surface area contributed by atoms with Crippen LogP contribution >= 0.6 is 0 Å². The van der Waals surface area contributed by atoms with E-state index in [2.05, 4.69) is 34.9 Å². The van der Waals surface area contributed by atoms with Crippen LogP contribution in [0, 0.1) is 6.92 Å². The summed E-state index contributed by atoms with van der Waals surface area (Å²) < 4.78 is 45.5. The molecular formula is C39H34F3N3O5. The minimum Gasteiger partial charge on any atom is -0.497 e. The van der Waals surface area contributed by atoms with E-state index in [1.54, 1.807) is 12.1 Å². The van der Waals surface area contributed by atoms with Gasteiger partial charge in [0.1, 0.15) is 12.3 Å². The Kier molecular flexibility index (Phi) is 10.9. The minimum absolute atomic E-state index is 0.0174. The van der Waals surface area contributed by atoms with E-state index in [9.17, 15) is 32.7 Å². The van der Waals surface area contributed by atoms with E-state index in [1.807, 2.05) is 43.3 Å². The maximum absolute atomic E-state index is 13.5. The number of alkyl halides is 3. The lowest BCUT2D eigenvalue weighted by Crippen LogP contribution is -2.35. The number of amides is 2. The Hall–Kier alpha value is -6.10. The predicted molar refractivity (Wildman–Crippen MR) is 185 cm³/mol. The molecule has 0 heterocycles. The Balaban J connectivity index is 1.20. The van der Waals surface area contributed by atoms with E-state index in [0.717, 1.165) is 28.6 Å². The van der Waals surface area contributed by atoms with Crippen molar-refractivity contribution in [1.29, 1.82) is 0 Å². The zero-order valence-corrected chi connectivity index (χ0v) is 27.3. The van der Waals surface area contributed by atoms with Crippen molar-refractivity contribution in [2.75, 3.05) is 24.3 Å². The average Bonchev–Trinajstić information content (AvgIpc) is 3.09. The molecule has 0 aliphatic rings. The Morgan fingerprint density at radius 2 is 1.32 bits per heavy atom. The molecule has 11 heteroatoms. The number of aliphatic carboxylic acids is 1. The second-order valence-electron chi connectivity index (χ2n) is 11.6. The number of benzene rings is 5. The van der Waals surface area contributed by atoms with Crippen molar-refractivity contribution in [3.63, 3.8) is 0 Å². The predicted octanol–water partition coefficient (Wildman–Crippen LogP) is 8.34. The number of hydrogen-bond acceptors (Lipinski definition) is 5. The molecule has 2 amide bonds. The van der Waals surface area contributed by atoms with Crippen LogP contribution in [0.15, 0.2) is 115 Å². The molecule has 0 unspecified atom stereocenters. The topological polar surface area (TPSA) is 108 Å². The molecule has 3 N–H and O–H groups in total. The highest BCUT2D eigenvalue weighted by Crippen LogP contribution is 2.35. The van der Waals surface area contributed by atoms with Crippen LogP contribution in [-0.4, -0.2) is 41.4 Å². The molecule has 5 aromatic rings. The lowest BCUT2D eigenvalue weighted by Gasteiger charge is -2.21. The molecule has 0 aliphatic carbocycles. The van der Waals surface area contributed by atoms with Crippen molar-refractivity contribution < 1.29 is 37.4 Å². The Bertz CT molecular complexity index is 1960. The summed E-state index contributed by atoms with van der Waals surface area (Å²) in [5, 5.41) is 15.4. The van der Waals surface area contributed by atoms with Crippen LogP contribution in [-0.2, 0) is 28.7 Å². The number of carboxylic acids is 1. The van der Waals surface area contributed by atoms with Crippen LogP contribution < -0.4 is 15.4 Å². The van der Waals surface area contributed by atoms with Gasteiger partial charge in [-0.3, -0.25) is 14.4 Å². The number of aryl methyl sites for hydroxylation is 1. The maximum atomic E-state index is 13.5. The number of rotatable bonds is 12. The number of carbonyl (C=O) groups excluding carboxylic acids is 2. The van der Waals surface area contributed by atoms with Crippen LogP contribution in [0.4, 0.5) is 30.2 Å². The van der Waals surface area contributed by atoms with Gasteiger partial charge in [0.05, 0.1) is 19.1 Å². The summed E-state index contributed by atoms with van der Waals surface area (Å²) in [4.78, 5) is 38.8. The molecule has 8 nitrogen and oxygen atoms in total. The number of anilines is 3. The first-order chi connectivity index (χ1) is 23.9. The molecule has 0 radical (unpaired) electrons. The van der Waals surface area contributed by atoms with Gasteiger partial charge in [-0.2, -0.15) is 13.2 Å². The second kappa shape index (κ2) is 15.4. The highest BCUT2D eigenvalue weighted by atomic mass is 19.4. The van der Waals surface area contributed by atoms with Crippen molar-refractivity contribution in [2.24, 2.45) is 0 Å². The number of nitrogens with zero attached hydrogens (tertiary/aromatic N) is 1. The second-order valence-corrected chi connectivity index (χ2v) is 11.6. The Labute approximate surface area is 287 Å². The number of carboxylic acid groups (broad SMARTS) is 1. The summed E-state index contributed by atoms with van der Waals surface area (Å²) >= 11 is 0. The van der Waals surface area contributed by atoms with Crippen LogP contribution in [0.5, 0.6) is 5.75 Å². The molecule has 0 aliphatic heterocycles. The summed E-state index contributed by atoms with van der Waals surface area (Å²) in [5.41, 5.74) is 5.07. The summed E-state index contributed by atoms with van der Waals surface area (Å²) in [6.45, 7) is 1.53. The fourth-order valence-corrected chi connectivity index (χ4v) is 5.29. The van der Waals surface area contributed by atoms with Gasteiger partial charge in [0.15, 0.2) is 0 Å². The highest BCUT2D eigenvalue weighted by molar-refractivity contribution is 5.97. The minimum atomic E-state index is -4.68. The van der Waals surface area contributed by atoms with Gasteiger partial charge in [0, 0.05) is 29.2 Å². The van der Waals surface area contributed by atoms with Gasteiger partial charge >= 0.3 is 12.1 Å². The average molecular weight is 682 g/mol. The van der Waals surface area contributed by atoms with Gasteiger partial charge in [0.25, 0.3) is 5.91 Å². The molecule has 256 valence electrons. The maximum Gasteiger partial charge on any atom is 0.416 e. The number of ether oxygens (including phenoxy) is 1. The van der Waals surface area contributed by atoms with Gasteiger partial charge in [-0.15, -0.1) is 0 Å². The monoisotopic (exact) mass is 681 g/mol. The number of hydrogen-bond donors (Lipinski definition) is 3. The zero-order valence-electron chi connectivity index (χ0n) is 27.3.